The van der Waals surface area contributed by atoms with Gasteiger partial charge in [-0.25, -0.2) is 0 Å². The van der Waals surface area contributed by atoms with Crippen molar-refractivity contribution in [2.75, 3.05) is 0 Å². The van der Waals surface area contributed by atoms with Crippen molar-refractivity contribution in [1.29, 1.82) is 0 Å². The van der Waals surface area contributed by atoms with Gasteiger partial charge in [0.05, 0.1) is 0 Å². The topological polar surface area (TPSA) is 52.0 Å². The minimum absolute atomic E-state index is 0.161. The number of rotatable bonds is 0. The standard InChI is InChI=1S/C10H22N2/c1-8(2)6-5-7-9(3,11)10(8,4)12/h5-7,11-12H2,1-4H3/t9-,10-/m1/s1. The van der Waals surface area contributed by atoms with E-state index in [1.165, 1.54) is 12.8 Å². The van der Waals surface area contributed by atoms with Crippen LogP contribution in [0.3, 0.4) is 0 Å². The van der Waals surface area contributed by atoms with Crippen LogP contribution in [-0.4, -0.2) is 11.1 Å². The third-order valence-electron chi connectivity index (χ3n) is 4.09. The zero-order chi connectivity index (χ0) is 9.62. The van der Waals surface area contributed by atoms with Crippen LogP contribution in [0.4, 0.5) is 0 Å². The summed E-state index contributed by atoms with van der Waals surface area (Å²) < 4.78 is 0. The van der Waals surface area contributed by atoms with Gasteiger partial charge in [-0.05, 0) is 32.1 Å². The summed E-state index contributed by atoms with van der Waals surface area (Å²) in [5.74, 6) is 0. The Morgan fingerprint density at radius 2 is 1.42 bits per heavy atom. The van der Waals surface area contributed by atoms with Crippen molar-refractivity contribution in [2.45, 2.75) is 58.0 Å². The molecule has 0 heterocycles. The van der Waals surface area contributed by atoms with Crippen LogP contribution >= 0.6 is 0 Å². The molecule has 0 aliphatic heterocycles. The summed E-state index contributed by atoms with van der Waals surface area (Å²) in [5, 5.41) is 0. The largest absolute Gasteiger partial charge is 0.324 e. The molecule has 0 aromatic carbocycles. The Morgan fingerprint density at radius 1 is 0.917 bits per heavy atom. The molecule has 0 bridgehead atoms. The van der Waals surface area contributed by atoms with Crippen LogP contribution in [0.2, 0.25) is 0 Å². The van der Waals surface area contributed by atoms with Crippen molar-refractivity contribution < 1.29 is 0 Å². The average molecular weight is 170 g/mol. The predicted molar refractivity (Wildman–Crippen MR) is 52.8 cm³/mol. The third kappa shape index (κ3) is 1.17. The molecule has 12 heavy (non-hydrogen) atoms. The molecule has 1 aliphatic rings. The first-order valence-electron chi connectivity index (χ1n) is 4.78. The molecule has 0 saturated heterocycles. The Morgan fingerprint density at radius 3 is 1.75 bits per heavy atom. The van der Waals surface area contributed by atoms with Gasteiger partial charge in [0, 0.05) is 11.1 Å². The molecule has 1 saturated carbocycles. The molecule has 0 radical (unpaired) electrons. The Balaban J connectivity index is 2.99. The summed E-state index contributed by atoms with van der Waals surface area (Å²) in [6, 6.07) is 0. The molecular weight excluding hydrogens is 148 g/mol. The first kappa shape index (κ1) is 10.0. The molecule has 2 nitrogen and oxygen atoms in total. The van der Waals surface area contributed by atoms with Crippen LogP contribution < -0.4 is 11.5 Å². The van der Waals surface area contributed by atoms with E-state index in [2.05, 4.69) is 27.7 Å². The minimum atomic E-state index is -0.252. The molecule has 0 aromatic heterocycles. The number of hydrogen-bond acceptors (Lipinski definition) is 2. The fraction of sp³-hybridized carbons (Fsp3) is 1.00. The van der Waals surface area contributed by atoms with Crippen molar-refractivity contribution in [1.82, 2.24) is 0 Å². The third-order valence-corrected chi connectivity index (χ3v) is 4.09. The summed E-state index contributed by atoms with van der Waals surface area (Å²) in [7, 11) is 0. The zero-order valence-corrected chi connectivity index (χ0v) is 8.78. The molecule has 1 fully saturated rings. The van der Waals surface area contributed by atoms with E-state index < -0.39 is 0 Å². The fourth-order valence-electron chi connectivity index (χ4n) is 2.19. The molecule has 0 spiro atoms. The molecule has 72 valence electrons. The van der Waals surface area contributed by atoms with Crippen LogP contribution in [0.1, 0.15) is 47.0 Å². The van der Waals surface area contributed by atoms with Crippen molar-refractivity contribution in [3.63, 3.8) is 0 Å². The van der Waals surface area contributed by atoms with Gasteiger partial charge < -0.3 is 11.5 Å². The molecule has 2 heteroatoms. The summed E-state index contributed by atoms with van der Waals surface area (Å²) in [5.41, 5.74) is 12.2. The molecule has 0 amide bonds. The van der Waals surface area contributed by atoms with E-state index in [0.717, 1.165) is 6.42 Å². The van der Waals surface area contributed by atoms with Gasteiger partial charge in [0.2, 0.25) is 0 Å². The van der Waals surface area contributed by atoms with E-state index in [-0.39, 0.29) is 16.5 Å². The maximum atomic E-state index is 6.31. The number of hydrogen-bond donors (Lipinski definition) is 2. The molecule has 4 N–H and O–H groups in total. The molecule has 1 aliphatic carbocycles. The highest BCUT2D eigenvalue weighted by atomic mass is 14.9. The Hall–Kier alpha value is -0.0800. The fourth-order valence-corrected chi connectivity index (χ4v) is 2.19. The smallest absolute Gasteiger partial charge is 0.0357 e. The monoisotopic (exact) mass is 170 g/mol. The van der Waals surface area contributed by atoms with Gasteiger partial charge in [0.25, 0.3) is 0 Å². The lowest BCUT2D eigenvalue weighted by molar-refractivity contribution is 0.0415. The molecule has 1 rings (SSSR count). The number of nitrogens with two attached hydrogens (primary N) is 2. The maximum Gasteiger partial charge on any atom is 0.0357 e. The van der Waals surface area contributed by atoms with Gasteiger partial charge in [-0.1, -0.05) is 20.3 Å². The molecular formula is C10H22N2. The molecule has 0 unspecified atom stereocenters. The molecule has 2 atom stereocenters. The Labute approximate surface area is 75.7 Å². The predicted octanol–water partition coefficient (Wildman–Crippen LogP) is 1.63. The van der Waals surface area contributed by atoms with Gasteiger partial charge in [-0.2, -0.15) is 0 Å². The summed E-state index contributed by atoms with van der Waals surface area (Å²) in [6.45, 7) is 8.61. The van der Waals surface area contributed by atoms with Crippen molar-refractivity contribution in [3.05, 3.63) is 0 Å². The molecule has 0 aromatic rings. The Bertz CT molecular complexity index is 162. The van der Waals surface area contributed by atoms with Gasteiger partial charge in [-0.3, -0.25) is 0 Å². The van der Waals surface area contributed by atoms with Crippen molar-refractivity contribution in [3.8, 4) is 0 Å². The summed E-state index contributed by atoms with van der Waals surface area (Å²) in [6.07, 6.45) is 3.43. The van der Waals surface area contributed by atoms with E-state index >= 15 is 0 Å². The Kier molecular flexibility index (Phi) is 2.05. The lowest BCUT2D eigenvalue weighted by Crippen LogP contribution is -2.71. The SMILES string of the molecule is CC1(C)CCC[C@@](C)(N)[C@]1(C)N. The van der Waals surface area contributed by atoms with Crippen LogP contribution in [0.5, 0.6) is 0 Å². The average Bonchev–Trinajstić information content (AvgIpc) is 1.83. The van der Waals surface area contributed by atoms with Crippen LogP contribution in [0.25, 0.3) is 0 Å². The van der Waals surface area contributed by atoms with Crippen LogP contribution in [0.15, 0.2) is 0 Å². The van der Waals surface area contributed by atoms with Gasteiger partial charge in [-0.15, -0.1) is 0 Å². The van der Waals surface area contributed by atoms with E-state index in [4.69, 9.17) is 11.5 Å². The second kappa shape index (κ2) is 2.46. The van der Waals surface area contributed by atoms with Crippen LogP contribution in [0, 0.1) is 5.41 Å². The van der Waals surface area contributed by atoms with E-state index in [1.807, 2.05) is 0 Å². The highest BCUT2D eigenvalue weighted by molar-refractivity contribution is 5.11. The highest BCUT2D eigenvalue weighted by Crippen LogP contribution is 2.45. The van der Waals surface area contributed by atoms with Crippen LogP contribution in [-0.2, 0) is 0 Å². The van der Waals surface area contributed by atoms with E-state index in [1.54, 1.807) is 0 Å². The van der Waals surface area contributed by atoms with Gasteiger partial charge >= 0.3 is 0 Å². The highest BCUT2D eigenvalue weighted by Gasteiger charge is 2.51. The quantitative estimate of drug-likeness (QED) is 0.580. The van der Waals surface area contributed by atoms with Crippen molar-refractivity contribution in [2.24, 2.45) is 16.9 Å². The second-order valence-corrected chi connectivity index (χ2v) is 5.36. The minimum Gasteiger partial charge on any atom is -0.324 e. The summed E-state index contributed by atoms with van der Waals surface area (Å²) in [4.78, 5) is 0. The zero-order valence-electron chi connectivity index (χ0n) is 8.78. The lowest BCUT2D eigenvalue weighted by atomic mass is 9.56. The maximum absolute atomic E-state index is 6.31. The van der Waals surface area contributed by atoms with Gasteiger partial charge in [0.15, 0.2) is 0 Å². The van der Waals surface area contributed by atoms with Gasteiger partial charge in [0.1, 0.15) is 0 Å². The second-order valence-electron chi connectivity index (χ2n) is 5.36. The van der Waals surface area contributed by atoms with Crippen molar-refractivity contribution >= 4 is 0 Å². The van der Waals surface area contributed by atoms with E-state index in [9.17, 15) is 0 Å². The first-order chi connectivity index (χ1) is 5.21. The van der Waals surface area contributed by atoms with E-state index in [0.29, 0.717) is 0 Å². The normalized spacial score (nSPS) is 47.5. The lowest BCUT2D eigenvalue weighted by Gasteiger charge is -2.55. The summed E-state index contributed by atoms with van der Waals surface area (Å²) >= 11 is 0. The first-order valence-corrected chi connectivity index (χ1v) is 4.78.